The molecule has 0 bridgehead atoms. The number of aliphatic hydroxyl groups excluding tert-OH is 10. The third kappa shape index (κ3) is 6.20. The van der Waals surface area contributed by atoms with Crippen molar-refractivity contribution in [3.05, 3.63) is 47.5 Å². The Balaban J connectivity index is 1.52. The molecule has 2 fully saturated rings. The highest BCUT2D eigenvalue weighted by Gasteiger charge is 2.43. The Hall–Kier alpha value is -3.12. The largest absolute Gasteiger partial charge is 0.394 e. The number of rotatable bonds is 5. The second kappa shape index (κ2) is 13.5. The minimum Gasteiger partial charge on any atom is -0.394 e. The van der Waals surface area contributed by atoms with Gasteiger partial charge in [-0.1, -0.05) is 23.7 Å². The fourth-order valence-corrected chi connectivity index (χ4v) is 5.48. The van der Waals surface area contributed by atoms with Crippen LogP contribution in [0.25, 0.3) is 21.8 Å². The van der Waals surface area contributed by atoms with E-state index in [4.69, 9.17) is 9.47 Å². The minimum atomic E-state index is -1.55. The number of hydrogen-bond donors (Lipinski definition) is 10. The molecule has 5 rings (SSSR count). The van der Waals surface area contributed by atoms with Crippen LogP contribution in [0.5, 0.6) is 0 Å². The van der Waals surface area contributed by atoms with Crippen LogP contribution in [0.15, 0.2) is 36.4 Å². The summed E-state index contributed by atoms with van der Waals surface area (Å²) >= 11 is 0. The highest BCUT2D eigenvalue weighted by Crippen LogP contribution is 2.31. The summed E-state index contributed by atoms with van der Waals surface area (Å²) in [5.74, 6) is 11.3. The second-order valence-corrected chi connectivity index (χ2v) is 10.9. The lowest BCUT2D eigenvalue weighted by Gasteiger charge is -2.37. The molecular weight excluding hydrogens is 578 g/mol. The van der Waals surface area contributed by atoms with Crippen molar-refractivity contribution >= 4 is 21.8 Å². The van der Waals surface area contributed by atoms with Crippen molar-refractivity contribution in [2.75, 3.05) is 19.8 Å². The maximum atomic E-state index is 10.3. The standard InChI is InChI=1S/C31H35NO12/c33-12-17(36)11-32-20-5-1-15(3-7-22-26(37)30(41)28(39)24(13-34)43-22)9-18(20)19-10-16(2-6-21(19)32)4-8-23-27(38)31(42)29(40)25(14-35)44-23/h1-2,5-6,9-10,17,22-31,33-42H,11-14H2. The highest BCUT2D eigenvalue weighted by atomic mass is 16.5. The van der Waals surface area contributed by atoms with Crippen LogP contribution >= 0.6 is 0 Å². The van der Waals surface area contributed by atoms with Crippen molar-refractivity contribution in [1.82, 2.24) is 4.57 Å². The zero-order chi connectivity index (χ0) is 31.7. The van der Waals surface area contributed by atoms with Crippen LogP contribution in [0, 0.1) is 23.7 Å². The van der Waals surface area contributed by atoms with E-state index in [1.54, 1.807) is 36.4 Å². The number of ether oxygens (including phenoxy) is 2. The number of hydrogen-bond acceptors (Lipinski definition) is 12. The van der Waals surface area contributed by atoms with Gasteiger partial charge in [-0.15, -0.1) is 0 Å². The summed E-state index contributed by atoms with van der Waals surface area (Å²) in [6, 6.07) is 10.5. The smallest absolute Gasteiger partial charge is 0.147 e. The molecule has 2 saturated heterocycles. The lowest BCUT2D eigenvalue weighted by molar-refractivity contribution is -0.214. The Morgan fingerprint density at radius 3 is 1.45 bits per heavy atom. The molecule has 0 saturated carbocycles. The molecule has 11 unspecified atom stereocenters. The first-order valence-corrected chi connectivity index (χ1v) is 14.1. The third-order valence-corrected chi connectivity index (χ3v) is 7.97. The van der Waals surface area contributed by atoms with Gasteiger partial charge >= 0.3 is 0 Å². The van der Waals surface area contributed by atoms with Gasteiger partial charge < -0.3 is 65.1 Å². The van der Waals surface area contributed by atoms with Crippen molar-refractivity contribution in [3.63, 3.8) is 0 Å². The lowest BCUT2D eigenvalue weighted by Crippen LogP contribution is -2.58. The molecule has 2 aliphatic heterocycles. The number of aromatic nitrogens is 1. The average molecular weight is 614 g/mol. The van der Waals surface area contributed by atoms with Gasteiger partial charge in [0.1, 0.15) is 61.0 Å². The predicted molar refractivity (Wildman–Crippen MR) is 154 cm³/mol. The fourth-order valence-electron chi connectivity index (χ4n) is 5.48. The summed E-state index contributed by atoms with van der Waals surface area (Å²) in [6.45, 7) is -1.51. The summed E-state index contributed by atoms with van der Waals surface area (Å²) in [6.07, 6.45) is -14.7. The third-order valence-electron chi connectivity index (χ3n) is 7.97. The normalized spacial score (nSPS) is 33.0. The molecule has 0 aliphatic carbocycles. The molecule has 236 valence electrons. The zero-order valence-electron chi connectivity index (χ0n) is 23.4. The first-order valence-electron chi connectivity index (χ1n) is 14.1. The van der Waals surface area contributed by atoms with Crippen molar-refractivity contribution in [1.29, 1.82) is 0 Å². The molecule has 3 heterocycles. The first kappa shape index (κ1) is 32.3. The Morgan fingerprint density at radius 1 is 0.636 bits per heavy atom. The molecule has 10 N–H and O–H groups in total. The summed E-state index contributed by atoms with van der Waals surface area (Å²) in [7, 11) is 0. The van der Waals surface area contributed by atoms with Gasteiger partial charge in [-0.3, -0.25) is 0 Å². The predicted octanol–water partition coefficient (Wildman–Crippen LogP) is -3.46. The summed E-state index contributed by atoms with van der Waals surface area (Å²) < 4.78 is 12.8. The van der Waals surface area contributed by atoms with E-state index in [9.17, 15) is 51.1 Å². The van der Waals surface area contributed by atoms with E-state index in [1.165, 1.54) is 0 Å². The van der Waals surface area contributed by atoms with E-state index < -0.39 is 87.0 Å². The maximum Gasteiger partial charge on any atom is 0.147 e. The van der Waals surface area contributed by atoms with Crippen LogP contribution in [-0.4, -0.2) is 143 Å². The van der Waals surface area contributed by atoms with Gasteiger partial charge in [-0.2, -0.15) is 0 Å². The molecule has 1 aromatic heterocycles. The van der Waals surface area contributed by atoms with E-state index in [1.807, 2.05) is 4.57 Å². The zero-order valence-corrected chi connectivity index (χ0v) is 23.4. The molecule has 0 radical (unpaired) electrons. The molecule has 13 heteroatoms. The van der Waals surface area contributed by atoms with Gasteiger partial charge in [0.25, 0.3) is 0 Å². The minimum absolute atomic E-state index is 0.0856. The number of benzene rings is 2. The summed E-state index contributed by atoms with van der Waals surface area (Å²) in [5.41, 5.74) is 2.44. The Morgan fingerprint density at radius 2 is 1.07 bits per heavy atom. The van der Waals surface area contributed by atoms with E-state index in [0.717, 1.165) is 0 Å². The van der Waals surface area contributed by atoms with E-state index in [-0.39, 0.29) is 6.54 Å². The molecule has 11 atom stereocenters. The Kier molecular flexibility index (Phi) is 9.89. The molecule has 0 amide bonds. The lowest BCUT2D eigenvalue weighted by atomic mass is 9.95. The van der Waals surface area contributed by atoms with Gasteiger partial charge in [-0.05, 0) is 36.4 Å². The van der Waals surface area contributed by atoms with Gasteiger partial charge in [-0.25, -0.2) is 0 Å². The van der Waals surface area contributed by atoms with Gasteiger partial charge in [0, 0.05) is 32.9 Å². The Bertz CT molecular complexity index is 1490. The first-order chi connectivity index (χ1) is 21.1. The van der Waals surface area contributed by atoms with Crippen molar-refractivity contribution < 1.29 is 60.5 Å². The number of fused-ring (bicyclic) bond motifs is 3. The summed E-state index contributed by atoms with van der Waals surface area (Å²) in [5, 5.41) is 101. The monoisotopic (exact) mass is 613 g/mol. The molecule has 3 aromatic rings. The van der Waals surface area contributed by atoms with Crippen LogP contribution in [0.2, 0.25) is 0 Å². The fraction of sp³-hybridized carbons (Fsp3) is 0.484. The van der Waals surface area contributed by atoms with Crippen LogP contribution in [0.1, 0.15) is 11.1 Å². The van der Waals surface area contributed by atoms with Crippen LogP contribution < -0.4 is 0 Å². The van der Waals surface area contributed by atoms with Gasteiger partial charge in [0.05, 0.1) is 32.5 Å². The molecule has 2 aliphatic rings. The molecule has 0 spiro atoms. The van der Waals surface area contributed by atoms with Crippen molar-refractivity contribution in [2.45, 2.75) is 73.7 Å². The Labute approximate surface area is 251 Å². The van der Waals surface area contributed by atoms with E-state index >= 15 is 0 Å². The van der Waals surface area contributed by atoms with Gasteiger partial charge in [0.15, 0.2) is 0 Å². The SMILES string of the molecule is OCC(O)Cn1c2ccc(C#CC3OC(CO)C(O)C(O)C3O)cc2c2cc(C#CC3OC(CO)C(O)C(O)C3O)ccc21. The molecule has 13 nitrogen and oxygen atoms in total. The highest BCUT2D eigenvalue weighted by molar-refractivity contribution is 6.09. The van der Waals surface area contributed by atoms with E-state index in [2.05, 4.69) is 23.7 Å². The quantitative estimate of drug-likeness (QED) is 0.127. The number of aliphatic hydroxyl groups is 10. The second-order valence-electron chi connectivity index (χ2n) is 10.9. The molecular formula is C31H35NO12. The van der Waals surface area contributed by atoms with Crippen LogP contribution in [0.4, 0.5) is 0 Å². The van der Waals surface area contributed by atoms with Crippen LogP contribution in [-0.2, 0) is 16.0 Å². The van der Waals surface area contributed by atoms with Crippen molar-refractivity contribution in [2.24, 2.45) is 0 Å². The topological polar surface area (TPSA) is 226 Å². The molecule has 44 heavy (non-hydrogen) atoms. The maximum absolute atomic E-state index is 10.3. The van der Waals surface area contributed by atoms with E-state index in [0.29, 0.717) is 32.9 Å². The van der Waals surface area contributed by atoms with Crippen molar-refractivity contribution in [3.8, 4) is 23.7 Å². The average Bonchev–Trinajstić information content (AvgIpc) is 3.33. The van der Waals surface area contributed by atoms with Crippen LogP contribution in [0.3, 0.4) is 0 Å². The van der Waals surface area contributed by atoms with Gasteiger partial charge in [0.2, 0.25) is 0 Å². The summed E-state index contributed by atoms with van der Waals surface area (Å²) in [4.78, 5) is 0. The number of nitrogens with zero attached hydrogens (tertiary/aromatic N) is 1. The molecule has 2 aromatic carbocycles.